The van der Waals surface area contributed by atoms with Crippen molar-refractivity contribution in [2.75, 3.05) is 18.5 Å². The zero-order valence-electron chi connectivity index (χ0n) is 11.1. The van der Waals surface area contributed by atoms with E-state index >= 15 is 0 Å². The molecular weight excluding hydrogens is 237 g/mol. The van der Waals surface area contributed by atoms with Crippen LogP contribution in [0.1, 0.15) is 12.5 Å². The highest BCUT2D eigenvalue weighted by atomic mass is 31.1. The van der Waals surface area contributed by atoms with Crippen molar-refractivity contribution >= 4 is 18.9 Å². The van der Waals surface area contributed by atoms with Crippen LogP contribution in [-0.2, 0) is 6.16 Å². The number of hydrogen-bond donors (Lipinski definition) is 1. The van der Waals surface area contributed by atoms with Crippen molar-refractivity contribution in [3.05, 3.63) is 60.2 Å². The van der Waals surface area contributed by atoms with Crippen LogP contribution in [0.2, 0.25) is 0 Å². The zero-order valence-corrected chi connectivity index (χ0v) is 12.0. The summed E-state index contributed by atoms with van der Waals surface area (Å²) in [5.41, 5.74) is 2.72. The monoisotopic (exact) mass is 257 g/mol. The van der Waals surface area contributed by atoms with Gasteiger partial charge in [0.25, 0.3) is 0 Å². The lowest BCUT2D eigenvalue weighted by atomic mass is 10.2. The van der Waals surface area contributed by atoms with E-state index in [0.717, 1.165) is 0 Å². The molecule has 0 aromatic heterocycles. The molecule has 0 aliphatic rings. The number of anilines is 1. The molecular formula is C16H20NP. The first-order chi connectivity index (χ1) is 8.85. The second kappa shape index (κ2) is 6.56. The van der Waals surface area contributed by atoms with Crippen LogP contribution in [0, 0.1) is 0 Å². The van der Waals surface area contributed by atoms with Crippen LogP contribution in [0.3, 0.4) is 0 Å². The summed E-state index contributed by atoms with van der Waals surface area (Å²) in [6, 6.07) is 19.5. The summed E-state index contributed by atoms with van der Waals surface area (Å²) in [4.78, 5) is 0. The Balaban J connectivity index is 2.23. The molecule has 0 aliphatic carbocycles. The summed E-state index contributed by atoms with van der Waals surface area (Å²) in [6.45, 7) is 2.29. The van der Waals surface area contributed by atoms with Gasteiger partial charge in [0, 0.05) is 12.7 Å². The maximum absolute atomic E-state index is 3.31. The van der Waals surface area contributed by atoms with E-state index in [1.54, 1.807) is 0 Å². The Bertz CT molecular complexity index is 481. The topological polar surface area (TPSA) is 12.0 Å². The van der Waals surface area contributed by atoms with Crippen molar-refractivity contribution in [3.8, 4) is 0 Å². The van der Waals surface area contributed by atoms with E-state index < -0.39 is 0 Å². The van der Waals surface area contributed by atoms with Gasteiger partial charge in [-0.2, -0.15) is 0 Å². The zero-order chi connectivity index (χ0) is 12.8. The molecule has 0 radical (unpaired) electrons. The largest absolute Gasteiger partial charge is 0.388 e. The van der Waals surface area contributed by atoms with E-state index in [1.807, 2.05) is 7.05 Å². The SMILES string of the molecule is CCP(Cc1ccccc1)c1ccccc1NC. The van der Waals surface area contributed by atoms with Gasteiger partial charge in [-0.1, -0.05) is 63.4 Å². The average Bonchev–Trinajstić information content (AvgIpc) is 2.46. The van der Waals surface area contributed by atoms with E-state index in [4.69, 9.17) is 0 Å². The molecule has 1 nitrogen and oxygen atoms in total. The molecule has 0 aliphatic heterocycles. The summed E-state index contributed by atoms with van der Waals surface area (Å²) in [5, 5.41) is 4.80. The summed E-state index contributed by atoms with van der Waals surface area (Å²) < 4.78 is 0. The molecule has 94 valence electrons. The minimum Gasteiger partial charge on any atom is -0.388 e. The third kappa shape index (κ3) is 3.11. The molecule has 1 atom stereocenters. The molecule has 0 saturated heterocycles. The summed E-state index contributed by atoms with van der Waals surface area (Å²) >= 11 is 0. The molecule has 1 N–H and O–H groups in total. The molecule has 0 fully saturated rings. The third-order valence-electron chi connectivity index (χ3n) is 3.11. The standard InChI is InChI=1S/C16H20NP/c1-3-18(13-14-9-5-4-6-10-14)16-12-8-7-11-15(16)17-2/h4-12,17H,3,13H2,1-2H3. The molecule has 18 heavy (non-hydrogen) atoms. The lowest BCUT2D eigenvalue weighted by Gasteiger charge is -2.19. The first-order valence-corrected chi connectivity index (χ1v) is 8.12. The van der Waals surface area contributed by atoms with Gasteiger partial charge in [-0.15, -0.1) is 0 Å². The number of nitrogens with one attached hydrogen (secondary N) is 1. The fraction of sp³-hybridized carbons (Fsp3) is 0.250. The van der Waals surface area contributed by atoms with Crippen LogP contribution in [0.5, 0.6) is 0 Å². The van der Waals surface area contributed by atoms with Crippen molar-refractivity contribution in [2.24, 2.45) is 0 Å². The van der Waals surface area contributed by atoms with Gasteiger partial charge >= 0.3 is 0 Å². The van der Waals surface area contributed by atoms with Gasteiger partial charge in [0.05, 0.1) is 0 Å². The van der Waals surface area contributed by atoms with Gasteiger partial charge in [0.2, 0.25) is 0 Å². The Hall–Kier alpha value is -1.33. The number of para-hydroxylation sites is 1. The van der Waals surface area contributed by atoms with Gasteiger partial charge in [0.1, 0.15) is 0 Å². The summed E-state index contributed by atoms with van der Waals surface area (Å²) in [6.07, 6.45) is 2.40. The Kier molecular flexibility index (Phi) is 4.78. The van der Waals surface area contributed by atoms with E-state index in [2.05, 4.69) is 66.8 Å². The van der Waals surface area contributed by atoms with E-state index in [9.17, 15) is 0 Å². The normalized spacial score (nSPS) is 12.1. The molecule has 2 aromatic carbocycles. The predicted octanol–water partition coefficient (Wildman–Crippen LogP) is 4.06. The highest BCUT2D eigenvalue weighted by molar-refractivity contribution is 7.65. The lowest BCUT2D eigenvalue weighted by Crippen LogP contribution is -2.10. The van der Waals surface area contributed by atoms with E-state index in [1.165, 1.54) is 28.9 Å². The second-order valence-electron chi connectivity index (χ2n) is 4.27. The smallest absolute Gasteiger partial charge is 0.0415 e. The number of hydrogen-bond acceptors (Lipinski definition) is 1. The quantitative estimate of drug-likeness (QED) is 0.797. The Labute approximate surface area is 111 Å². The van der Waals surface area contributed by atoms with Crippen molar-refractivity contribution in [1.82, 2.24) is 0 Å². The van der Waals surface area contributed by atoms with E-state index in [-0.39, 0.29) is 7.92 Å². The number of benzene rings is 2. The Morgan fingerprint density at radius 1 is 0.944 bits per heavy atom. The minimum absolute atomic E-state index is 0.119. The number of rotatable bonds is 5. The maximum Gasteiger partial charge on any atom is 0.0415 e. The molecule has 2 rings (SSSR count). The highest BCUT2D eigenvalue weighted by Crippen LogP contribution is 2.40. The molecule has 0 bridgehead atoms. The van der Waals surface area contributed by atoms with Crippen LogP contribution in [0.4, 0.5) is 5.69 Å². The van der Waals surface area contributed by atoms with Gasteiger partial charge in [-0.25, -0.2) is 0 Å². The van der Waals surface area contributed by atoms with Gasteiger partial charge in [0.15, 0.2) is 0 Å². The summed E-state index contributed by atoms with van der Waals surface area (Å²) in [7, 11) is 1.89. The Morgan fingerprint density at radius 2 is 1.61 bits per heavy atom. The van der Waals surface area contributed by atoms with E-state index in [0.29, 0.717) is 0 Å². The van der Waals surface area contributed by atoms with Crippen molar-refractivity contribution in [2.45, 2.75) is 13.1 Å². The first kappa shape index (κ1) is 13.1. The van der Waals surface area contributed by atoms with Crippen LogP contribution >= 0.6 is 7.92 Å². The summed E-state index contributed by atoms with van der Waals surface area (Å²) in [5.74, 6) is 0. The van der Waals surface area contributed by atoms with Crippen LogP contribution in [0.15, 0.2) is 54.6 Å². The van der Waals surface area contributed by atoms with Gasteiger partial charge in [-0.3, -0.25) is 0 Å². The molecule has 0 saturated carbocycles. The molecule has 0 amide bonds. The van der Waals surface area contributed by atoms with Gasteiger partial charge < -0.3 is 5.32 Å². The minimum atomic E-state index is -0.119. The molecule has 0 heterocycles. The van der Waals surface area contributed by atoms with Crippen LogP contribution in [-0.4, -0.2) is 13.2 Å². The second-order valence-corrected chi connectivity index (χ2v) is 6.78. The highest BCUT2D eigenvalue weighted by Gasteiger charge is 2.12. The lowest BCUT2D eigenvalue weighted by molar-refractivity contribution is 1.36. The fourth-order valence-electron chi connectivity index (χ4n) is 2.13. The first-order valence-electron chi connectivity index (χ1n) is 6.40. The Morgan fingerprint density at radius 3 is 2.28 bits per heavy atom. The molecule has 1 unspecified atom stereocenters. The molecule has 2 aromatic rings. The average molecular weight is 257 g/mol. The fourth-order valence-corrected chi connectivity index (χ4v) is 4.34. The van der Waals surface area contributed by atoms with Crippen LogP contribution in [0.25, 0.3) is 0 Å². The third-order valence-corrected chi connectivity index (χ3v) is 5.69. The predicted molar refractivity (Wildman–Crippen MR) is 83.2 cm³/mol. The maximum atomic E-state index is 3.31. The van der Waals surface area contributed by atoms with Gasteiger partial charge in [-0.05, 0) is 29.3 Å². The molecule has 0 spiro atoms. The van der Waals surface area contributed by atoms with Crippen molar-refractivity contribution in [3.63, 3.8) is 0 Å². The van der Waals surface area contributed by atoms with Crippen LogP contribution < -0.4 is 10.6 Å². The van der Waals surface area contributed by atoms with Crippen molar-refractivity contribution < 1.29 is 0 Å². The molecule has 2 heteroatoms. The van der Waals surface area contributed by atoms with Crippen molar-refractivity contribution in [1.29, 1.82) is 0 Å².